The number of allylic oxidation sites excluding steroid dienone is 1. The fourth-order valence-corrected chi connectivity index (χ4v) is 1.91. The minimum Gasteiger partial charge on any atom is -0.461 e. The SMILES string of the molecule is C=CCCC(CC1OC(=O)[C@H]1C)OC(=O)[C@H](C)NC=O. The van der Waals surface area contributed by atoms with Crippen molar-refractivity contribution >= 4 is 18.3 Å². The highest BCUT2D eigenvalue weighted by atomic mass is 16.6. The molecular weight excluding hydrogens is 262 g/mol. The lowest BCUT2D eigenvalue weighted by molar-refractivity contribution is -0.187. The lowest BCUT2D eigenvalue weighted by Crippen LogP contribution is -2.46. The summed E-state index contributed by atoms with van der Waals surface area (Å²) >= 11 is 0. The van der Waals surface area contributed by atoms with Crippen LogP contribution in [0.25, 0.3) is 0 Å². The number of esters is 2. The van der Waals surface area contributed by atoms with Crippen LogP contribution in [0.2, 0.25) is 0 Å². The monoisotopic (exact) mass is 283 g/mol. The molecule has 1 saturated heterocycles. The Bertz CT molecular complexity index is 382. The van der Waals surface area contributed by atoms with Crippen molar-refractivity contribution in [2.75, 3.05) is 0 Å². The van der Waals surface area contributed by atoms with Crippen molar-refractivity contribution in [2.24, 2.45) is 5.92 Å². The zero-order valence-corrected chi connectivity index (χ0v) is 11.8. The van der Waals surface area contributed by atoms with Gasteiger partial charge in [0.05, 0.1) is 5.92 Å². The van der Waals surface area contributed by atoms with E-state index in [4.69, 9.17) is 9.47 Å². The van der Waals surface area contributed by atoms with Crippen LogP contribution < -0.4 is 5.32 Å². The Labute approximate surface area is 118 Å². The number of carbonyl (C=O) groups is 3. The van der Waals surface area contributed by atoms with Crippen molar-refractivity contribution in [3.63, 3.8) is 0 Å². The van der Waals surface area contributed by atoms with Crippen LogP contribution in [0.5, 0.6) is 0 Å². The molecule has 0 bridgehead atoms. The molecule has 20 heavy (non-hydrogen) atoms. The van der Waals surface area contributed by atoms with E-state index in [1.54, 1.807) is 19.9 Å². The molecule has 0 saturated carbocycles. The molecular formula is C14H21NO5. The highest BCUT2D eigenvalue weighted by Gasteiger charge is 2.40. The van der Waals surface area contributed by atoms with Crippen LogP contribution in [0.15, 0.2) is 12.7 Å². The zero-order valence-electron chi connectivity index (χ0n) is 11.8. The highest BCUT2D eigenvalue weighted by molar-refractivity contribution is 5.78. The first-order chi connectivity index (χ1) is 9.49. The van der Waals surface area contributed by atoms with E-state index in [1.165, 1.54) is 0 Å². The maximum absolute atomic E-state index is 11.8. The Kier molecular flexibility index (Phi) is 6.21. The van der Waals surface area contributed by atoms with Crippen LogP contribution >= 0.6 is 0 Å². The van der Waals surface area contributed by atoms with E-state index in [0.717, 1.165) is 0 Å². The second kappa shape index (κ2) is 7.67. The van der Waals surface area contributed by atoms with Crippen LogP contribution in [-0.4, -0.2) is 36.6 Å². The summed E-state index contributed by atoms with van der Waals surface area (Å²) in [5.74, 6) is -0.880. The minimum atomic E-state index is -0.694. The summed E-state index contributed by atoms with van der Waals surface area (Å²) in [6.07, 6.45) is 3.42. The molecule has 112 valence electrons. The Morgan fingerprint density at radius 2 is 2.30 bits per heavy atom. The molecule has 1 heterocycles. The third-order valence-electron chi connectivity index (χ3n) is 3.34. The third kappa shape index (κ3) is 4.36. The summed E-state index contributed by atoms with van der Waals surface area (Å²) in [4.78, 5) is 33.1. The van der Waals surface area contributed by atoms with Gasteiger partial charge in [-0.25, -0.2) is 4.79 Å². The summed E-state index contributed by atoms with van der Waals surface area (Å²) in [7, 11) is 0. The fourth-order valence-electron chi connectivity index (χ4n) is 1.91. The number of amides is 1. The van der Waals surface area contributed by atoms with E-state index in [0.29, 0.717) is 25.7 Å². The molecule has 0 radical (unpaired) electrons. The Hall–Kier alpha value is -1.85. The zero-order chi connectivity index (χ0) is 15.1. The molecule has 1 aliphatic rings. The molecule has 6 heteroatoms. The molecule has 0 aliphatic carbocycles. The second-order valence-electron chi connectivity index (χ2n) is 4.93. The van der Waals surface area contributed by atoms with Crippen LogP contribution in [0.1, 0.15) is 33.1 Å². The minimum absolute atomic E-state index is 0.162. The van der Waals surface area contributed by atoms with Crippen molar-refractivity contribution in [3.8, 4) is 0 Å². The molecule has 6 nitrogen and oxygen atoms in total. The van der Waals surface area contributed by atoms with Gasteiger partial charge in [-0.1, -0.05) is 6.08 Å². The average molecular weight is 283 g/mol. The third-order valence-corrected chi connectivity index (χ3v) is 3.34. The molecule has 0 spiro atoms. The summed E-state index contributed by atoms with van der Waals surface area (Å²) < 4.78 is 10.4. The predicted molar refractivity (Wildman–Crippen MR) is 71.6 cm³/mol. The quantitative estimate of drug-likeness (QED) is 0.387. The lowest BCUT2D eigenvalue weighted by Gasteiger charge is -2.35. The number of hydrogen-bond donors (Lipinski definition) is 1. The van der Waals surface area contributed by atoms with Gasteiger partial charge in [0, 0.05) is 6.42 Å². The number of ether oxygens (including phenoxy) is 2. The number of cyclic esters (lactones) is 1. The van der Waals surface area contributed by atoms with Gasteiger partial charge >= 0.3 is 11.9 Å². The van der Waals surface area contributed by atoms with Gasteiger partial charge in [0.25, 0.3) is 0 Å². The summed E-state index contributed by atoms with van der Waals surface area (Å²) in [6, 6.07) is -0.694. The number of nitrogens with one attached hydrogen (secondary N) is 1. The second-order valence-corrected chi connectivity index (χ2v) is 4.93. The van der Waals surface area contributed by atoms with Crippen molar-refractivity contribution in [1.82, 2.24) is 5.32 Å². The summed E-state index contributed by atoms with van der Waals surface area (Å²) in [5, 5.41) is 2.34. The fraction of sp³-hybridized carbons (Fsp3) is 0.643. The van der Waals surface area contributed by atoms with Gasteiger partial charge in [-0.3, -0.25) is 9.59 Å². The molecule has 2 unspecified atom stereocenters. The van der Waals surface area contributed by atoms with E-state index in [9.17, 15) is 14.4 Å². The van der Waals surface area contributed by atoms with E-state index in [1.807, 2.05) is 0 Å². The maximum atomic E-state index is 11.8. The Balaban J connectivity index is 2.50. The first kappa shape index (κ1) is 16.2. The van der Waals surface area contributed by atoms with E-state index >= 15 is 0 Å². The molecule has 1 rings (SSSR count). The molecule has 0 aromatic heterocycles. The Morgan fingerprint density at radius 1 is 1.60 bits per heavy atom. The average Bonchev–Trinajstić information content (AvgIpc) is 2.43. The molecule has 4 atom stereocenters. The van der Waals surface area contributed by atoms with Crippen LogP contribution in [0, 0.1) is 5.92 Å². The topological polar surface area (TPSA) is 81.7 Å². The van der Waals surface area contributed by atoms with Gasteiger partial charge in [-0.05, 0) is 26.7 Å². The summed E-state index contributed by atoms with van der Waals surface area (Å²) in [6.45, 7) is 6.97. The molecule has 1 fully saturated rings. The van der Waals surface area contributed by atoms with Crippen LogP contribution in [-0.2, 0) is 23.9 Å². The van der Waals surface area contributed by atoms with Crippen molar-refractivity contribution in [3.05, 3.63) is 12.7 Å². The highest BCUT2D eigenvalue weighted by Crippen LogP contribution is 2.27. The smallest absolute Gasteiger partial charge is 0.328 e. The Morgan fingerprint density at radius 3 is 2.80 bits per heavy atom. The van der Waals surface area contributed by atoms with Gasteiger partial charge in [-0.15, -0.1) is 6.58 Å². The molecule has 0 aromatic rings. The summed E-state index contributed by atoms with van der Waals surface area (Å²) in [5.41, 5.74) is 0. The van der Waals surface area contributed by atoms with E-state index in [-0.39, 0.29) is 24.1 Å². The largest absolute Gasteiger partial charge is 0.461 e. The first-order valence-corrected chi connectivity index (χ1v) is 6.71. The number of hydrogen-bond acceptors (Lipinski definition) is 5. The maximum Gasteiger partial charge on any atom is 0.328 e. The molecule has 1 aliphatic heterocycles. The van der Waals surface area contributed by atoms with Gasteiger partial charge in [0.1, 0.15) is 18.2 Å². The van der Waals surface area contributed by atoms with Crippen molar-refractivity contribution in [2.45, 2.75) is 51.4 Å². The normalized spacial score (nSPS) is 23.8. The standard InChI is InChI=1S/C14H21NO5/c1-4-5-6-11(7-12-9(2)13(17)20-12)19-14(18)10(3)15-8-16/h4,8-12H,1,5-7H2,2-3H3,(H,15,16)/t9-,10-,11?,12?/m0/s1. The van der Waals surface area contributed by atoms with Crippen molar-refractivity contribution < 1.29 is 23.9 Å². The number of rotatable bonds is 9. The molecule has 1 amide bonds. The number of carbonyl (C=O) groups excluding carboxylic acids is 3. The first-order valence-electron chi connectivity index (χ1n) is 6.71. The van der Waals surface area contributed by atoms with Gasteiger partial charge < -0.3 is 14.8 Å². The lowest BCUT2D eigenvalue weighted by atomic mass is 9.92. The van der Waals surface area contributed by atoms with Gasteiger partial charge in [-0.2, -0.15) is 0 Å². The molecule has 0 aromatic carbocycles. The van der Waals surface area contributed by atoms with Crippen LogP contribution in [0.4, 0.5) is 0 Å². The van der Waals surface area contributed by atoms with Crippen molar-refractivity contribution in [1.29, 1.82) is 0 Å². The predicted octanol–water partition coefficient (Wildman–Crippen LogP) is 0.950. The molecule has 1 N–H and O–H groups in total. The van der Waals surface area contributed by atoms with E-state index in [2.05, 4.69) is 11.9 Å². The van der Waals surface area contributed by atoms with Gasteiger partial charge in [0.2, 0.25) is 6.41 Å². The van der Waals surface area contributed by atoms with E-state index < -0.39 is 12.0 Å². The van der Waals surface area contributed by atoms with Crippen LogP contribution in [0.3, 0.4) is 0 Å². The van der Waals surface area contributed by atoms with Gasteiger partial charge in [0.15, 0.2) is 0 Å².